The zero-order valence-corrected chi connectivity index (χ0v) is 10.7. The summed E-state index contributed by atoms with van der Waals surface area (Å²) in [5, 5.41) is 0. The Labute approximate surface area is 102 Å². The van der Waals surface area contributed by atoms with Crippen molar-refractivity contribution >= 4 is 5.78 Å². The summed E-state index contributed by atoms with van der Waals surface area (Å²) in [6.45, 7) is 5.58. The van der Waals surface area contributed by atoms with Gasteiger partial charge in [-0.2, -0.15) is 0 Å². The van der Waals surface area contributed by atoms with Gasteiger partial charge in [0.05, 0.1) is 13.2 Å². The minimum Gasteiger partial charge on any atom is -0.347 e. The van der Waals surface area contributed by atoms with E-state index >= 15 is 0 Å². The lowest BCUT2D eigenvalue weighted by molar-refractivity contribution is -0.237. The molecule has 1 atom stereocenters. The second-order valence-electron chi connectivity index (χ2n) is 5.66. The summed E-state index contributed by atoms with van der Waals surface area (Å²) in [4.78, 5) is 11.9. The van der Waals surface area contributed by atoms with Gasteiger partial charge in [-0.1, -0.05) is 12.5 Å². The largest absolute Gasteiger partial charge is 0.347 e. The summed E-state index contributed by atoms with van der Waals surface area (Å²) >= 11 is 0. The molecule has 3 heteroatoms. The molecule has 0 bridgehead atoms. The van der Waals surface area contributed by atoms with E-state index in [0.29, 0.717) is 25.4 Å². The Balaban J connectivity index is 2.09. The second-order valence-corrected chi connectivity index (χ2v) is 5.66. The van der Waals surface area contributed by atoms with E-state index in [4.69, 9.17) is 9.47 Å². The van der Waals surface area contributed by atoms with E-state index in [9.17, 15) is 4.79 Å². The number of carbonyl (C=O) groups is 1. The first-order chi connectivity index (χ1) is 8.09. The molecule has 1 spiro atoms. The minimum atomic E-state index is -0.442. The molecule has 0 aromatic carbocycles. The van der Waals surface area contributed by atoms with Crippen LogP contribution in [-0.4, -0.2) is 24.8 Å². The monoisotopic (exact) mass is 236 g/mol. The fraction of sp³-hybridized carbons (Fsp3) is 0.786. The van der Waals surface area contributed by atoms with Crippen molar-refractivity contribution < 1.29 is 14.3 Å². The summed E-state index contributed by atoms with van der Waals surface area (Å²) in [7, 11) is 0. The van der Waals surface area contributed by atoms with Gasteiger partial charge in [0.2, 0.25) is 0 Å². The van der Waals surface area contributed by atoms with E-state index in [-0.39, 0.29) is 5.41 Å². The van der Waals surface area contributed by atoms with Crippen LogP contribution in [0.25, 0.3) is 0 Å². The average molecular weight is 236 g/mol. The highest BCUT2D eigenvalue weighted by molar-refractivity contribution is 5.96. The molecule has 0 N–H and O–H groups in total. The molecular weight excluding hydrogens is 216 g/mol. The van der Waals surface area contributed by atoms with E-state index in [1.54, 1.807) is 0 Å². The third kappa shape index (κ3) is 1.39. The van der Waals surface area contributed by atoms with Crippen LogP contribution in [0.1, 0.15) is 46.0 Å². The number of carbonyl (C=O) groups excluding carboxylic acids is 1. The Morgan fingerprint density at radius 3 is 2.53 bits per heavy atom. The second kappa shape index (κ2) is 3.66. The number of hydrogen-bond donors (Lipinski definition) is 0. The van der Waals surface area contributed by atoms with Crippen molar-refractivity contribution in [3.63, 3.8) is 0 Å². The number of Topliss-reactive ketones (excluding diaryl/α,β-unsaturated/α-hetero) is 1. The third-order valence-corrected chi connectivity index (χ3v) is 4.92. The van der Waals surface area contributed by atoms with Crippen molar-refractivity contribution in [2.24, 2.45) is 5.41 Å². The Hall–Kier alpha value is -0.670. The molecule has 3 nitrogen and oxygen atoms in total. The van der Waals surface area contributed by atoms with Crippen LogP contribution >= 0.6 is 0 Å². The number of ketones is 1. The molecule has 2 fully saturated rings. The molecule has 0 aromatic rings. The Bertz CT molecular complexity index is 390. The van der Waals surface area contributed by atoms with Gasteiger partial charge >= 0.3 is 0 Å². The highest BCUT2D eigenvalue weighted by atomic mass is 16.7. The number of fused-ring (bicyclic) bond motifs is 2. The zero-order valence-electron chi connectivity index (χ0n) is 10.7. The van der Waals surface area contributed by atoms with Crippen LogP contribution in [0.2, 0.25) is 0 Å². The van der Waals surface area contributed by atoms with E-state index < -0.39 is 5.79 Å². The van der Waals surface area contributed by atoms with Crippen molar-refractivity contribution in [1.82, 2.24) is 0 Å². The van der Waals surface area contributed by atoms with E-state index in [1.807, 2.05) is 6.92 Å². The molecule has 0 radical (unpaired) electrons. The van der Waals surface area contributed by atoms with Crippen LogP contribution in [-0.2, 0) is 14.3 Å². The molecule has 3 rings (SSSR count). The predicted octanol–water partition coefficient (Wildman–Crippen LogP) is 2.60. The van der Waals surface area contributed by atoms with Gasteiger partial charge in [0.1, 0.15) is 0 Å². The molecule has 1 saturated carbocycles. The molecule has 2 aliphatic carbocycles. The Morgan fingerprint density at radius 1 is 1.12 bits per heavy atom. The van der Waals surface area contributed by atoms with Gasteiger partial charge in [-0.3, -0.25) is 4.79 Å². The third-order valence-electron chi connectivity index (χ3n) is 4.92. The molecule has 0 aromatic heterocycles. The van der Waals surface area contributed by atoms with Crippen molar-refractivity contribution in [2.45, 2.75) is 51.7 Å². The molecule has 0 unspecified atom stereocenters. The van der Waals surface area contributed by atoms with Crippen molar-refractivity contribution in [1.29, 1.82) is 0 Å². The number of hydrogen-bond acceptors (Lipinski definition) is 3. The van der Waals surface area contributed by atoms with Crippen molar-refractivity contribution in [3.8, 4) is 0 Å². The number of ether oxygens (including phenoxy) is 2. The van der Waals surface area contributed by atoms with Crippen molar-refractivity contribution in [2.75, 3.05) is 13.2 Å². The number of allylic oxidation sites excluding steroid dienone is 1. The lowest BCUT2D eigenvalue weighted by atomic mass is 9.60. The van der Waals surface area contributed by atoms with Crippen LogP contribution in [0.3, 0.4) is 0 Å². The normalized spacial score (nSPS) is 36.5. The first kappa shape index (κ1) is 11.4. The van der Waals surface area contributed by atoms with E-state index in [1.165, 1.54) is 5.57 Å². The molecule has 94 valence electrons. The highest BCUT2D eigenvalue weighted by Crippen LogP contribution is 2.57. The summed E-state index contributed by atoms with van der Waals surface area (Å²) in [5.41, 5.74) is 2.18. The molecule has 0 amide bonds. The van der Waals surface area contributed by atoms with Gasteiger partial charge in [0.15, 0.2) is 11.6 Å². The zero-order chi connectivity index (χ0) is 12.1. The molecule has 1 saturated heterocycles. The predicted molar refractivity (Wildman–Crippen MR) is 63.5 cm³/mol. The number of rotatable bonds is 0. The van der Waals surface area contributed by atoms with Crippen LogP contribution in [0.4, 0.5) is 0 Å². The van der Waals surface area contributed by atoms with E-state index in [0.717, 1.165) is 31.3 Å². The summed E-state index contributed by atoms with van der Waals surface area (Å²) < 4.78 is 11.9. The summed E-state index contributed by atoms with van der Waals surface area (Å²) in [6, 6.07) is 0. The lowest BCUT2D eigenvalue weighted by Gasteiger charge is -2.51. The van der Waals surface area contributed by atoms with Gasteiger partial charge in [0, 0.05) is 18.3 Å². The van der Waals surface area contributed by atoms with Crippen LogP contribution in [0, 0.1) is 5.41 Å². The molecule has 1 aliphatic heterocycles. The fourth-order valence-electron chi connectivity index (χ4n) is 3.86. The van der Waals surface area contributed by atoms with Crippen LogP contribution in [0.15, 0.2) is 11.1 Å². The van der Waals surface area contributed by atoms with Gasteiger partial charge in [-0.15, -0.1) is 0 Å². The highest BCUT2D eigenvalue weighted by Gasteiger charge is 2.58. The topological polar surface area (TPSA) is 35.5 Å². The smallest absolute Gasteiger partial charge is 0.177 e. The quantitative estimate of drug-likeness (QED) is 0.648. The van der Waals surface area contributed by atoms with Gasteiger partial charge < -0.3 is 9.47 Å². The van der Waals surface area contributed by atoms with Gasteiger partial charge in [-0.25, -0.2) is 0 Å². The maximum Gasteiger partial charge on any atom is 0.177 e. The summed E-state index contributed by atoms with van der Waals surface area (Å²) in [6.07, 6.45) is 4.57. The Morgan fingerprint density at radius 2 is 1.82 bits per heavy atom. The summed E-state index contributed by atoms with van der Waals surface area (Å²) in [5.74, 6) is -0.129. The van der Waals surface area contributed by atoms with Gasteiger partial charge in [0.25, 0.3) is 0 Å². The molecule has 17 heavy (non-hydrogen) atoms. The maximum atomic E-state index is 11.9. The maximum absolute atomic E-state index is 11.9. The average Bonchev–Trinajstić information content (AvgIpc) is 2.78. The molecule has 1 heterocycles. The van der Waals surface area contributed by atoms with Crippen molar-refractivity contribution in [3.05, 3.63) is 11.1 Å². The lowest BCUT2D eigenvalue weighted by Crippen LogP contribution is -2.53. The van der Waals surface area contributed by atoms with Crippen LogP contribution in [0.5, 0.6) is 0 Å². The first-order valence-corrected chi connectivity index (χ1v) is 6.60. The Kier molecular flexibility index (Phi) is 2.46. The fourth-order valence-corrected chi connectivity index (χ4v) is 3.86. The van der Waals surface area contributed by atoms with Crippen LogP contribution < -0.4 is 0 Å². The standard InChI is InChI=1S/C14H20O3/c1-10-11-4-3-6-14(16-8-9-17-14)13(11,2)7-5-12(10)15/h3-9H2,1-2H3/t13-/m0/s1. The minimum absolute atomic E-state index is 0.0836. The SMILES string of the molecule is CC1=C2CCCC3(OCCO3)[C@@]2(C)CCC1=O. The molecule has 3 aliphatic rings. The molecular formula is C14H20O3. The van der Waals surface area contributed by atoms with E-state index in [2.05, 4.69) is 6.92 Å². The van der Waals surface area contributed by atoms with Gasteiger partial charge in [-0.05, 0) is 31.8 Å². The first-order valence-electron chi connectivity index (χ1n) is 6.60.